The molecule has 5 rings (SSSR count). The molecule has 0 spiro atoms. The molecule has 0 saturated carbocycles. The molecule has 158 valence electrons. The number of likely N-dealkylation sites (tertiary alicyclic amines) is 1. The monoisotopic (exact) mass is 421 g/mol. The number of anilines is 2. The van der Waals surface area contributed by atoms with Gasteiger partial charge in [0.05, 0.1) is 23.6 Å². The standard InChI is InChI=1S/C25H23N7/c26-16-19-11-12-20(17-28-19)29-24-9-3-7-22(30-24)23-8-5-14-31(23)18-21-6-4-15-32(21)25-10-1-2-13-27-25/h1-4,6-7,9-13,15,17,23H,5,8,14,18H2,(H,29,30). The molecule has 7 heteroatoms. The van der Waals surface area contributed by atoms with E-state index in [0.717, 1.165) is 48.9 Å². The molecule has 1 aliphatic rings. The summed E-state index contributed by atoms with van der Waals surface area (Å²) in [5.74, 6) is 1.71. The largest absolute Gasteiger partial charge is 0.339 e. The van der Waals surface area contributed by atoms with E-state index in [4.69, 9.17) is 10.2 Å². The fourth-order valence-electron chi connectivity index (χ4n) is 4.21. The number of hydrogen-bond donors (Lipinski definition) is 1. The number of hydrogen-bond acceptors (Lipinski definition) is 6. The Morgan fingerprint density at radius 2 is 2.00 bits per heavy atom. The van der Waals surface area contributed by atoms with Crippen LogP contribution in [0.3, 0.4) is 0 Å². The van der Waals surface area contributed by atoms with E-state index in [2.05, 4.69) is 49.1 Å². The number of nitrogens with one attached hydrogen (secondary N) is 1. The van der Waals surface area contributed by atoms with E-state index in [0.29, 0.717) is 5.69 Å². The Morgan fingerprint density at radius 3 is 2.81 bits per heavy atom. The van der Waals surface area contributed by atoms with Crippen molar-refractivity contribution in [1.29, 1.82) is 5.26 Å². The third kappa shape index (κ3) is 4.22. The maximum atomic E-state index is 8.92. The summed E-state index contributed by atoms with van der Waals surface area (Å²) in [6.07, 6.45) is 7.77. The lowest BCUT2D eigenvalue weighted by atomic mass is 10.1. The molecule has 0 radical (unpaired) electrons. The number of nitrogens with zero attached hydrogens (tertiary/aromatic N) is 6. The summed E-state index contributed by atoms with van der Waals surface area (Å²) in [6.45, 7) is 1.88. The maximum absolute atomic E-state index is 8.92. The Morgan fingerprint density at radius 1 is 1.03 bits per heavy atom. The van der Waals surface area contributed by atoms with Gasteiger partial charge in [-0.2, -0.15) is 5.26 Å². The van der Waals surface area contributed by atoms with Gasteiger partial charge in [0.2, 0.25) is 0 Å². The van der Waals surface area contributed by atoms with Crippen LogP contribution in [0.15, 0.2) is 79.3 Å². The van der Waals surface area contributed by atoms with Gasteiger partial charge in [0, 0.05) is 24.6 Å². The van der Waals surface area contributed by atoms with Gasteiger partial charge in [0.15, 0.2) is 0 Å². The van der Waals surface area contributed by atoms with E-state index in [1.165, 1.54) is 5.69 Å². The van der Waals surface area contributed by atoms with Crippen molar-refractivity contribution in [1.82, 2.24) is 24.4 Å². The van der Waals surface area contributed by atoms with Crippen LogP contribution in [-0.4, -0.2) is 31.0 Å². The lowest BCUT2D eigenvalue weighted by Crippen LogP contribution is -2.24. The summed E-state index contributed by atoms with van der Waals surface area (Å²) in [4.78, 5) is 16.0. The molecule has 7 nitrogen and oxygen atoms in total. The molecular formula is C25H23N7. The predicted molar refractivity (Wildman–Crippen MR) is 122 cm³/mol. The molecule has 1 aliphatic heterocycles. The SMILES string of the molecule is N#Cc1ccc(Nc2cccc(C3CCCN3Cc3cccn3-c3ccccn3)n2)cn1. The molecule has 0 aromatic carbocycles. The topological polar surface area (TPSA) is 82.7 Å². The van der Waals surface area contributed by atoms with Crippen molar-refractivity contribution in [3.8, 4) is 11.9 Å². The molecule has 1 saturated heterocycles. The van der Waals surface area contributed by atoms with Gasteiger partial charge in [-0.05, 0) is 67.9 Å². The van der Waals surface area contributed by atoms with Crippen LogP contribution < -0.4 is 5.32 Å². The Hall–Kier alpha value is -4.02. The lowest BCUT2D eigenvalue weighted by molar-refractivity contribution is 0.240. The quantitative estimate of drug-likeness (QED) is 0.489. The van der Waals surface area contributed by atoms with Crippen molar-refractivity contribution in [3.63, 3.8) is 0 Å². The average Bonchev–Trinajstić information content (AvgIpc) is 3.50. The molecule has 0 aliphatic carbocycles. The minimum Gasteiger partial charge on any atom is -0.339 e. The van der Waals surface area contributed by atoms with Gasteiger partial charge in [-0.25, -0.2) is 15.0 Å². The van der Waals surface area contributed by atoms with Crippen LogP contribution in [0.4, 0.5) is 11.5 Å². The molecule has 32 heavy (non-hydrogen) atoms. The van der Waals surface area contributed by atoms with Crippen LogP contribution in [-0.2, 0) is 6.54 Å². The highest BCUT2D eigenvalue weighted by molar-refractivity contribution is 5.55. The molecule has 4 aromatic heterocycles. The number of nitriles is 1. The molecule has 1 fully saturated rings. The van der Waals surface area contributed by atoms with Gasteiger partial charge in [-0.15, -0.1) is 0 Å². The van der Waals surface area contributed by atoms with Gasteiger partial charge in [-0.1, -0.05) is 12.1 Å². The molecule has 1 N–H and O–H groups in total. The molecule has 5 heterocycles. The van der Waals surface area contributed by atoms with E-state index in [-0.39, 0.29) is 6.04 Å². The second-order valence-corrected chi connectivity index (χ2v) is 7.80. The number of rotatable bonds is 6. The fourth-order valence-corrected chi connectivity index (χ4v) is 4.21. The van der Waals surface area contributed by atoms with Gasteiger partial charge in [-0.3, -0.25) is 4.90 Å². The first-order chi connectivity index (χ1) is 15.8. The predicted octanol–water partition coefficient (Wildman–Crippen LogP) is 4.61. The van der Waals surface area contributed by atoms with Crippen molar-refractivity contribution in [2.24, 2.45) is 0 Å². The van der Waals surface area contributed by atoms with Crippen molar-refractivity contribution in [2.75, 3.05) is 11.9 Å². The average molecular weight is 422 g/mol. The minimum atomic E-state index is 0.267. The van der Waals surface area contributed by atoms with Gasteiger partial charge in [0.25, 0.3) is 0 Å². The summed E-state index contributed by atoms with van der Waals surface area (Å²) >= 11 is 0. The second-order valence-electron chi connectivity index (χ2n) is 7.80. The minimum absolute atomic E-state index is 0.267. The Balaban J connectivity index is 1.34. The summed E-state index contributed by atoms with van der Waals surface area (Å²) in [6, 6.07) is 22.1. The zero-order valence-electron chi connectivity index (χ0n) is 17.6. The van der Waals surface area contributed by atoms with E-state index in [9.17, 15) is 0 Å². The first-order valence-electron chi connectivity index (χ1n) is 10.7. The van der Waals surface area contributed by atoms with Crippen LogP contribution in [0, 0.1) is 11.3 Å². The van der Waals surface area contributed by atoms with E-state index < -0.39 is 0 Å². The van der Waals surface area contributed by atoms with Crippen molar-refractivity contribution < 1.29 is 0 Å². The Labute approximate surface area is 187 Å². The van der Waals surface area contributed by atoms with Crippen molar-refractivity contribution in [3.05, 3.63) is 96.3 Å². The highest BCUT2D eigenvalue weighted by atomic mass is 15.2. The zero-order valence-corrected chi connectivity index (χ0v) is 17.6. The van der Waals surface area contributed by atoms with Crippen LogP contribution >= 0.6 is 0 Å². The highest BCUT2D eigenvalue weighted by Gasteiger charge is 2.28. The first-order valence-corrected chi connectivity index (χ1v) is 10.7. The molecule has 0 bridgehead atoms. The van der Waals surface area contributed by atoms with Gasteiger partial charge < -0.3 is 9.88 Å². The van der Waals surface area contributed by atoms with Crippen LogP contribution in [0.2, 0.25) is 0 Å². The van der Waals surface area contributed by atoms with Crippen molar-refractivity contribution >= 4 is 11.5 Å². The van der Waals surface area contributed by atoms with Crippen LogP contribution in [0.1, 0.15) is 36.0 Å². The highest BCUT2D eigenvalue weighted by Crippen LogP contribution is 2.33. The fraction of sp³-hybridized carbons (Fsp3) is 0.200. The summed E-state index contributed by atoms with van der Waals surface area (Å²) in [7, 11) is 0. The number of aromatic nitrogens is 4. The molecule has 0 amide bonds. The maximum Gasteiger partial charge on any atom is 0.140 e. The third-order valence-corrected chi connectivity index (χ3v) is 5.72. The first kappa shape index (κ1) is 19.9. The summed E-state index contributed by atoms with van der Waals surface area (Å²) in [5.41, 5.74) is 3.48. The molecule has 1 unspecified atom stereocenters. The van der Waals surface area contributed by atoms with Crippen LogP contribution in [0.5, 0.6) is 0 Å². The molecular weight excluding hydrogens is 398 g/mol. The normalized spacial score (nSPS) is 16.0. The van der Waals surface area contributed by atoms with E-state index in [1.54, 1.807) is 12.3 Å². The van der Waals surface area contributed by atoms with Gasteiger partial charge >= 0.3 is 0 Å². The third-order valence-electron chi connectivity index (χ3n) is 5.72. The van der Waals surface area contributed by atoms with Gasteiger partial charge in [0.1, 0.15) is 23.4 Å². The summed E-state index contributed by atoms with van der Waals surface area (Å²) in [5, 5.41) is 12.2. The molecule has 4 aromatic rings. The lowest BCUT2D eigenvalue weighted by Gasteiger charge is -2.25. The smallest absolute Gasteiger partial charge is 0.140 e. The zero-order chi connectivity index (χ0) is 21.8. The Bertz CT molecular complexity index is 1230. The Kier molecular flexibility index (Phi) is 5.60. The summed E-state index contributed by atoms with van der Waals surface area (Å²) < 4.78 is 2.15. The molecule has 1 atom stereocenters. The van der Waals surface area contributed by atoms with Crippen molar-refractivity contribution in [2.45, 2.75) is 25.4 Å². The van der Waals surface area contributed by atoms with E-state index in [1.807, 2.05) is 48.7 Å². The van der Waals surface area contributed by atoms with E-state index >= 15 is 0 Å². The number of pyridine rings is 3. The van der Waals surface area contributed by atoms with Crippen LogP contribution in [0.25, 0.3) is 5.82 Å². The second kappa shape index (κ2) is 9.00.